The Bertz CT molecular complexity index is 325. The largest absolute Gasteiger partial charge is 0.369 e. The number of nitrogens with zero attached hydrogens (tertiary/aromatic N) is 2. The molecule has 0 saturated heterocycles. The SMILES string of the molecule is Cc1nc(Cl)cc(NCCS(C)=O)n1. The van der Waals surface area contributed by atoms with Gasteiger partial charge in [0.05, 0.1) is 0 Å². The number of halogens is 1. The van der Waals surface area contributed by atoms with Crippen LogP contribution in [0.2, 0.25) is 5.15 Å². The highest BCUT2D eigenvalue weighted by molar-refractivity contribution is 7.84. The summed E-state index contributed by atoms with van der Waals surface area (Å²) >= 11 is 5.74. The molecule has 0 spiro atoms. The molecule has 1 rings (SSSR count). The van der Waals surface area contributed by atoms with E-state index >= 15 is 0 Å². The predicted octanol–water partition coefficient (Wildman–Crippen LogP) is 1.23. The highest BCUT2D eigenvalue weighted by Gasteiger charge is 1.99. The number of aromatic nitrogens is 2. The standard InChI is InChI=1S/C8H12ClN3OS/c1-6-11-7(9)5-8(12-6)10-3-4-14(2)13/h5H,3-4H2,1-2H3,(H,10,11,12). The Morgan fingerprint density at radius 1 is 1.57 bits per heavy atom. The van der Waals surface area contributed by atoms with Gasteiger partial charge in [-0.25, -0.2) is 9.97 Å². The first-order valence-corrected chi connectivity index (χ1v) is 6.23. The van der Waals surface area contributed by atoms with E-state index in [0.29, 0.717) is 29.1 Å². The predicted molar refractivity (Wildman–Crippen MR) is 59.2 cm³/mol. The minimum absolute atomic E-state index is 0.414. The van der Waals surface area contributed by atoms with E-state index in [1.165, 1.54) is 0 Å². The molecule has 0 saturated carbocycles. The molecule has 4 nitrogen and oxygen atoms in total. The zero-order valence-corrected chi connectivity index (χ0v) is 9.65. The molecule has 1 N–H and O–H groups in total. The van der Waals surface area contributed by atoms with Crippen LogP contribution in [0.25, 0.3) is 0 Å². The summed E-state index contributed by atoms with van der Waals surface area (Å²) in [5.74, 6) is 1.89. The molecule has 6 heteroatoms. The molecule has 14 heavy (non-hydrogen) atoms. The first-order chi connectivity index (χ1) is 6.58. The van der Waals surface area contributed by atoms with Crippen LogP contribution < -0.4 is 5.32 Å². The highest BCUT2D eigenvalue weighted by atomic mass is 35.5. The second-order valence-corrected chi connectivity index (χ2v) is 4.77. The molecule has 0 radical (unpaired) electrons. The molecule has 0 aliphatic carbocycles. The van der Waals surface area contributed by atoms with Crippen LogP contribution in [0.5, 0.6) is 0 Å². The highest BCUT2D eigenvalue weighted by Crippen LogP contribution is 2.10. The fourth-order valence-electron chi connectivity index (χ4n) is 0.945. The van der Waals surface area contributed by atoms with Gasteiger partial charge in [-0.05, 0) is 6.92 Å². The van der Waals surface area contributed by atoms with Crippen LogP contribution in [0.1, 0.15) is 5.82 Å². The lowest BCUT2D eigenvalue weighted by molar-refractivity contribution is 0.687. The van der Waals surface area contributed by atoms with Crippen LogP contribution in [-0.2, 0) is 10.8 Å². The fraction of sp³-hybridized carbons (Fsp3) is 0.500. The van der Waals surface area contributed by atoms with Crippen LogP contribution >= 0.6 is 11.6 Å². The number of rotatable bonds is 4. The Labute approximate surface area is 90.6 Å². The third-order valence-corrected chi connectivity index (χ3v) is 2.47. The Kier molecular flexibility index (Phi) is 4.28. The molecule has 1 unspecified atom stereocenters. The van der Waals surface area contributed by atoms with Gasteiger partial charge in [0, 0.05) is 35.4 Å². The van der Waals surface area contributed by atoms with E-state index in [1.807, 2.05) is 0 Å². The Morgan fingerprint density at radius 2 is 2.29 bits per heavy atom. The zero-order chi connectivity index (χ0) is 10.6. The van der Waals surface area contributed by atoms with Gasteiger partial charge in [-0.3, -0.25) is 4.21 Å². The molecule has 0 aliphatic rings. The van der Waals surface area contributed by atoms with Crippen molar-refractivity contribution in [2.75, 3.05) is 23.9 Å². The molecular formula is C8H12ClN3OS. The molecule has 1 aromatic heterocycles. The summed E-state index contributed by atoms with van der Waals surface area (Å²) in [6, 6.07) is 1.65. The molecule has 1 heterocycles. The average Bonchev–Trinajstić information content (AvgIpc) is 2.01. The van der Waals surface area contributed by atoms with Crippen molar-refractivity contribution in [3.05, 3.63) is 17.0 Å². The van der Waals surface area contributed by atoms with Gasteiger partial charge in [-0.15, -0.1) is 0 Å². The molecular weight excluding hydrogens is 222 g/mol. The number of hydrogen-bond acceptors (Lipinski definition) is 4. The third-order valence-electron chi connectivity index (χ3n) is 1.50. The quantitative estimate of drug-likeness (QED) is 0.795. The molecule has 78 valence electrons. The summed E-state index contributed by atoms with van der Waals surface area (Å²) in [6.45, 7) is 2.39. The van der Waals surface area contributed by atoms with Crippen molar-refractivity contribution in [3.63, 3.8) is 0 Å². The van der Waals surface area contributed by atoms with Gasteiger partial charge in [0.2, 0.25) is 0 Å². The van der Waals surface area contributed by atoms with E-state index in [-0.39, 0.29) is 0 Å². The van der Waals surface area contributed by atoms with Gasteiger partial charge in [0.1, 0.15) is 16.8 Å². The summed E-state index contributed by atoms with van der Waals surface area (Å²) in [5, 5.41) is 3.44. The molecule has 1 atom stereocenters. The lowest BCUT2D eigenvalue weighted by Gasteiger charge is -2.04. The summed E-state index contributed by atoms with van der Waals surface area (Å²) in [7, 11) is -0.789. The third kappa shape index (κ3) is 4.02. The van der Waals surface area contributed by atoms with Crippen LogP contribution in [0.15, 0.2) is 6.07 Å². The minimum atomic E-state index is -0.789. The van der Waals surface area contributed by atoms with Crippen molar-refractivity contribution in [2.24, 2.45) is 0 Å². The number of nitrogens with one attached hydrogen (secondary N) is 1. The maximum Gasteiger partial charge on any atom is 0.134 e. The maximum absolute atomic E-state index is 10.8. The Morgan fingerprint density at radius 3 is 2.86 bits per heavy atom. The van der Waals surface area contributed by atoms with Gasteiger partial charge < -0.3 is 5.32 Å². The van der Waals surface area contributed by atoms with Crippen LogP contribution in [-0.4, -0.2) is 32.7 Å². The van der Waals surface area contributed by atoms with E-state index in [2.05, 4.69) is 15.3 Å². The number of hydrogen-bond donors (Lipinski definition) is 1. The van der Waals surface area contributed by atoms with Crippen molar-refractivity contribution in [1.29, 1.82) is 0 Å². The van der Waals surface area contributed by atoms with Gasteiger partial charge >= 0.3 is 0 Å². The van der Waals surface area contributed by atoms with Crippen molar-refractivity contribution in [3.8, 4) is 0 Å². The van der Waals surface area contributed by atoms with Crippen molar-refractivity contribution in [1.82, 2.24) is 9.97 Å². The second-order valence-electron chi connectivity index (χ2n) is 2.83. The smallest absolute Gasteiger partial charge is 0.134 e. The summed E-state index contributed by atoms with van der Waals surface area (Å²) in [6.07, 6.45) is 1.67. The topological polar surface area (TPSA) is 54.9 Å². The first kappa shape index (κ1) is 11.4. The normalized spacial score (nSPS) is 12.5. The number of aryl methyl sites for hydroxylation is 1. The van der Waals surface area contributed by atoms with Gasteiger partial charge in [0.15, 0.2) is 0 Å². The van der Waals surface area contributed by atoms with E-state index in [9.17, 15) is 4.21 Å². The van der Waals surface area contributed by atoms with Crippen LogP contribution in [0.3, 0.4) is 0 Å². The molecule has 0 aromatic carbocycles. The van der Waals surface area contributed by atoms with Gasteiger partial charge in [-0.1, -0.05) is 11.6 Å². The summed E-state index contributed by atoms with van der Waals surface area (Å²) < 4.78 is 10.8. The van der Waals surface area contributed by atoms with Crippen LogP contribution in [0.4, 0.5) is 5.82 Å². The monoisotopic (exact) mass is 233 g/mol. The van der Waals surface area contributed by atoms with E-state index < -0.39 is 10.8 Å². The molecule has 0 fully saturated rings. The Hall–Kier alpha value is -0.680. The Balaban J connectivity index is 2.54. The minimum Gasteiger partial charge on any atom is -0.369 e. The molecule has 0 bridgehead atoms. The van der Waals surface area contributed by atoms with E-state index in [1.54, 1.807) is 19.2 Å². The summed E-state index contributed by atoms with van der Waals surface area (Å²) in [5.41, 5.74) is 0. The zero-order valence-electron chi connectivity index (χ0n) is 8.08. The molecule has 0 aliphatic heterocycles. The van der Waals surface area contributed by atoms with Crippen LogP contribution in [0, 0.1) is 6.92 Å². The van der Waals surface area contributed by atoms with Gasteiger partial charge in [-0.2, -0.15) is 0 Å². The lowest BCUT2D eigenvalue weighted by atomic mass is 10.5. The van der Waals surface area contributed by atoms with Gasteiger partial charge in [0.25, 0.3) is 0 Å². The van der Waals surface area contributed by atoms with Crippen molar-refractivity contribution in [2.45, 2.75) is 6.92 Å². The number of anilines is 1. The molecule has 0 amide bonds. The maximum atomic E-state index is 10.8. The van der Waals surface area contributed by atoms with Crippen molar-refractivity contribution < 1.29 is 4.21 Å². The van der Waals surface area contributed by atoms with E-state index in [4.69, 9.17) is 11.6 Å². The van der Waals surface area contributed by atoms with E-state index in [0.717, 1.165) is 0 Å². The molecule has 1 aromatic rings. The summed E-state index contributed by atoms with van der Waals surface area (Å²) in [4.78, 5) is 8.06. The second kappa shape index (κ2) is 5.26. The lowest BCUT2D eigenvalue weighted by Crippen LogP contribution is -2.11. The average molecular weight is 234 g/mol. The van der Waals surface area contributed by atoms with Crippen molar-refractivity contribution >= 4 is 28.2 Å². The first-order valence-electron chi connectivity index (χ1n) is 4.13. The fourth-order valence-corrected chi connectivity index (χ4v) is 1.56.